The van der Waals surface area contributed by atoms with Crippen LogP contribution >= 0.6 is 15.9 Å². The first-order chi connectivity index (χ1) is 12.5. The van der Waals surface area contributed by atoms with Gasteiger partial charge in [0.15, 0.2) is 6.61 Å². The average molecular weight is 412 g/mol. The van der Waals surface area contributed by atoms with E-state index in [1.807, 2.05) is 54.8 Å². The van der Waals surface area contributed by atoms with Gasteiger partial charge in [-0.15, -0.1) is 0 Å². The number of nitrogens with zero attached hydrogens (tertiary/aromatic N) is 1. The largest absolute Gasteiger partial charge is 0.454 e. The van der Waals surface area contributed by atoms with Crippen LogP contribution in [0.1, 0.15) is 32.1 Å². The molecule has 1 heterocycles. The van der Waals surface area contributed by atoms with Gasteiger partial charge in [-0.05, 0) is 56.3 Å². The van der Waals surface area contributed by atoms with Crippen molar-refractivity contribution in [3.63, 3.8) is 0 Å². The third-order valence-corrected chi connectivity index (χ3v) is 4.69. The van der Waals surface area contributed by atoms with Gasteiger partial charge in [-0.3, -0.25) is 4.79 Å². The van der Waals surface area contributed by atoms with E-state index in [-0.39, 0.29) is 12.4 Å². The average Bonchev–Trinajstić information content (AvgIpc) is 2.95. The Bertz CT molecular complexity index is 943. The smallest absolute Gasteiger partial charge is 0.338 e. The number of ketones is 1. The predicted molar refractivity (Wildman–Crippen MR) is 104 cm³/mol. The minimum Gasteiger partial charge on any atom is -0.454 e. The van der Waals surface area contributed by atoms with E-state index in [4.69, 9.17) is 4.74 Å². The van der Waals surface area contributed by atoms with Crippen LogP contribution in [0, 0.1) is 13.8 Å². The number of rotatable bonds is 5. The van der Waals surface area contributed by atoms with Crippen LogP contribution in [0.15, 0.2) is 65.1 Å². The molecular formula is C21H18BrNO3. The summed E-state index contributed by atoms with van der Waals surface area (Å²) in [5, 5.41) is 0. The maximum Gasteiger partial charge on any atom is 0.338 e. The third-order valence-electron chi connectivity index (χ3n) is 4.16. The second kappa shape index (κ2) is 7.70. The molecule has 0 atom stereocenters. The van der Waals surface area contributed by atoms with Gasteiger partial charge in [0.25, 0.3) is 0 Å². The molecule has 3 aromatic rings. The lowest BCUT2D eigenvalue weighted by Gasteiger charge is -2.09. The minimum absolute atomic E-state index is 0.217. The molecule has 0 radical (unpaired) electrons. The monoisotopic (exact) mass is 411 g/mol. The second-order valence-corrected chi connectivity index (χ2v) is 6.88. The highest BCUT2D eigenvalue weighted by Crippen LogP contribution is 2.21. The molecule has 0 amide bonds. The molecule has 0 saturated heterocycles. The number of aryl methyl sites for hydroxylation is 1. The van der Waals surface area contributed by atoms with Crippen LogP contribution in [0.2, 0.25) is 0 Å². The summed E-state index contributed by atoms with van der Waals surface area (Å²) >= 11 is 3.32. The number of carbonyl (C=O) groups is 2. The number of carbonyl (C=O) groups excluding carboxylic acids is 2. The van der Waals surface area contributed by atoms with Gasteiger partial charge >= 0.3 is 5.97 Å². The fraction of sp³-hybridized carbons (Fsp3) is 0.143. The Morgan fingerprint density at radius 2 is 1.65 bits per heavy atom. The molecule has 0 saturated carbocycles. The van der Waals surface area contributed by atoms with E-state index in [2.05, 4.69) is 15.9 Å². The molecule has 0 aliphatic rings. The number of Topliss-reactive ketones (excluding diaryl/α,β-unsaturated/α-hetero) is 1. The van der Waals surface area contributed by atoms with Crippen molar-refractivity contribution in [3.05, 3.63) is 87.7 Å². The van der Waals surface area contributed by atoms with E-state index < -0.39 is 5.97 Å². The van der Waals surface area contributed by atoms with Gasteiger partial charge in [-0.25, -0.2) is 4.79 Å². The Balaban J connectivity index is 1.74. The molecule has 2 aromatic carbocycles. The Morgan fingerprint density at radius 3 is 2.31 bits per heavy atom. The normalized spacial score (nSPS) is 10.6. The van der Waals surface area contributed by atoms with Crippen LogP contribution in [0.4, 0.5) is 0 Å². The molecule has 0 spiro atoms. The minimum atomic E-state index is -0.511. The quantitative estimate of drug-likeness (QED) is 0.443. The summed E-state index contributed by atoms with van der Waals surface area (Å²) < 4.78 is 8.07. The van der Waals surface area contributed by atoms with E-state index in [9.17, 15) is 9.59 Å². The van der Waals surface area contributed by atoms with Crippen molar-refractivity contribution in [2.24, 2.45) is 0 Å². The van der Waals surface area contributed by atoms with Gasteiger partial charge in [0.1, 0.15) is 0 Å². The van der Waals surface area contributed by atoms with Crippen molar-refractivity contribution in [3.8, 4) is 5.69 Å². The number of esters is 1. The van der Waals surface area contributed by atoms with Gasteiger partial charge in [0, 0.05) is 27.1 Å². The lowest BCUT2D eigenvalue weighted by molar-refractivity contribution is 0.0474. The highest BCUT2D eigenvalue weighted by Gasteiger charge is 2.18. The first-order valence-corrected chi connectivity index (χ1v) is 8.97. The number of para-hydroxylation sites is 1. The van der Waals surface area contributed by atoms with Crippen LogP contribution in [0.5, 0.6) is 0 Å². The van der Waals surface area contributed by atoms with Crippen molar-refractivity contribution in [2.45, 2.75) is 13.8 Å². The topological polar surface area (TPSA) is 48.3 Å². The van der Waals surface area contributed by atoms with Crippen LogP contribution < -0.4 is 0 Å². The first-order valence-electron chi connectivity index (χ1n) is 8.17. The molecule has 0 unspecified atom stereocenters. The zero-order valence-corrected chi connectivity index (χ0v) is 16.1. The summed E-state index contributed by atoms with van der Waals surface area (Å²) in [5.74, 6) is -0.728. The standard InChI is InChI=1S/C21H18BrNO3/c1-14-12-19(15(2)23(14)18-6-4-3-5-7-18)20(24)13-26-21(25)16-8-10-17(22)11-9-16/h3-12H,13H2,1-2H3. The molecular weight excluding hydrogens is 394 g/mol. The number of hydrogen-bond acceptors (Lipinski definition) is 3. The van der Waals surface area contributed by atoms with E-state index >= 15 is 0 Å². The van der Waals surface area contributed by atoms with Crippen molar-refractivity contribution in [1.82, 2.24) is 4.57 Å². The van der Waals surface area contributed by atoms with Crippen LogP contribution in [0.3, 0.4) is 0 Å². The van der Waals surface area contributed by atoms with E-state index in [0.29, 0.717) is 11.1 Å². The molecule has 0 aliphatic heterocycles. The Morgan fingerprint density at radius 1 is 1.00 bits per heavy atom. The SMILES string of the molecule is Cc1cc(C(=O)COC(=O)c2ccc(Br)cc2)c(C)n1-c1ccccc1. The molecule has 4 nitrogen and oxygen atoms in total. The van der Waals surface area contributed by atoms with Crippen molar-refractivity contribution in [2.75, 3.05) is 6.61 Å². The molecule has 3 rings (SSSR count). The van der Waals surface area contributed by atoms with Crippen molar-refractivity contribution < 1.29 is 14.3 Å². The number of aromatic nitrogens is 1. The van der Waals surface area contributed by atoms with Gasteiger partial charge in [0.05, 0.1) is 5.56 Å². The van der Waals surface area contributed by atoms with E-state index in [1.165, 1.54) is 0 Å². The zero-order chi connectivity index (χ0) is 18.7. The Labute approximate surface area is 160 Å². The van der Waals surface area contributed by atoms with Crippen LogP contribution in [-0.4, -0.2) is 22.9 Å². The molecule has 26 heavy (non-hydrogen) atoms. The van der Waals surface area contributed by atoms with Crippen molar-refractivity contribution >= 4 is 27.7 Å². The molecule has 0 bridgehead atoms. The first kappa shape index (κ1) is 18.1. The van der Waals surface area contributed by atoms with E-state index in [1.54, 1.807) is 24.3 Å². The number of ether oxygens (including phenoxy) is 1. The van der Waals surface area contributed by atoms with Gasteiger partial charge in [-0.2, -0.15) is 0 Å². The van der Waals surface area contributed by atoms with Crippen molar-refractivity contribution in [1.29, 1.82) is 0 Å². The molecule has 0 aliphatic carbocycles. The highest BCUT2D eigenvalue weighted by molar-refractivity contribution is 9.10. The molecule has 5 heteroatoms. The van der Waals surface area contributed by atoms with Crippen LogP contribution in [-0.2, 0) is 4.74 Å². The summed E-state index contributed by atoms with van der Waals surface area (Å²) in [4.78, 5) is 24.6. The predicted octanol–water partition coefficient (Wildman–Crippen LogP) is 4.90. The fourth-order valence-electron chi connectivity index (χ4n) is 2.90. The third kappa shape index (κ3) is 3.78. The summed E-state index contributed by atoms with van der Waals surface area (Å²) in [6.07, 6.45) is 0. The Hall–Kier alpha value is -2.66. The van der Waals surface area contributed by atoms with Gasteiger partial charge in [-0.1, -0.05) is 34.1 Å². The second-order valence-electron chi connectivity index (χ2n) is 5.96. The summed E-state index contributed by atoms with van der Waals surface area (Å²) in [6.45, 7) is 3.56. The fourth-order valence-corrected chi connectivity index (χ4v) is 3.16. The highest BCUT2D eigenvalue weighted by atomic mass is 79.9. The lowest BCUT2D eigenvalue weighted by atomic mass is 10.1. The molecule has 0 N–H and O–H groups in total. The molecule has 132 valence electrons. The lowest BCUT2D eigenvalue weighted by Crippen LogP contribution is -2.15. The van der Waals surface area contributed by atoms with E-state index in [0.717, 1.165) is 21.5 Å². The van der Waals surface area contributed by atoms with Gasteiger partial charge < -0.3 is 9.30 Å². The Kier molecular flexibility index (Phi) is 5.38. The maximum absolute atomic E-state index is 12.6. The van der Waals surface area contributed by atoms with Crippen LogP contribution in [0.25, 0.3) is 5.69 Å². The summed E-state index contributed by atoms with van der Waals surface area (Å²) in [6, 6.07) is 18.5. The number of benzene rings is 2. The maximum atomic E-state index is 12.6. The van der Waals surface area contributed by atoms with Gasteiger partial charge in [0.2, 0.25) is 5.78 Å². The number of hydrogen-bond donors (Lipinski definition) is 0. The zero-order valence-electron chi connectivity index (χ0n) is 14.5. The summed E-state index contributed by atoms with van der Waals surface area (Å²) in [7, 11) is 0. The summed E-state index contributed by atoms with van der Waals surface area (Å²) in [5.41, 5.74) is 3.76. The number of halogens is 1. The molecule has 0 fully saturated rings. The molecule has 1 aromatic heterocycles.